The molecule has 1 rings (SSSR count). The predicted molar refractivity (Wildman–Crippen MR) is 49.4 cm³/mol. The van der Waals surface area contributed by atoms with Gasteiger partial charge < -0.3 is 15.8 Å². The van der Waals surface area contributed by atoms with Crippen LogP contribution in [0.1, 0.15) is 6.92 Å². The van der Waals surface area contributed by atoms with E-state index in [9.17, 15) is 0 Å². The van der Waals surface area contributed by atoms with E-state index in [1.54, 1.807) is 19.4 Å². The van der Waals surface area contributed by atoms with Crippen molar-refractivity contribution in [2.75, 3.05) is 24.7 Å². The summed E-state index contributed by atoms with van der Waals surface area (Å²) in [7, 11) is 1.58. The third-order valence-corrected chi connectivity index (χ3v) is 1.49. The molecule has 0 bridgehead atoms. The van der Waals surface area contributed by atoms with E-state index in [0.717, 1.165) is 12.2 Å². The molecule has 0 aliphatic heterocycles. The molecule has 0 saturated carbocycles. The Bertz CT molecular complexity index is 262. The van der Waals surface area contributed by atoms with Gasteiger partial charge in [-0.15, -0.1) is 0 Å². The van der Waals surface area contributed by atoms with Crippen LogP contribution in [0.15, 0.2) is 12.3 Å². The van der Waals surface area contributed by atoms with Crippen LogP contribution >= 0.6 is 0 Å². The number of nitrogen functional groups attached to an aromatic ring is 1. The summed E-state index contributed by atoms with van der Waals surface area (Å²) in [5, 5.41) is 3.11. The lowest BCUT2D eigenvalue weighted by molar-refractivity contribution is 0.398. The van der Waals surface area contributed by atoms with Crippen molar-refractivity contribution in [3.05, 3.63) is 12.3 Å². The molecule has 0 atom stereocenters. The van der Waals surface area contributed by atoms with Gasteiger partial charge in [0.15, 0.2) is 0 Å². The molecule has 0 saturated heterocycles. The first-order chi connectivity index (χ1) is 5.77. The molecule has 0 aliphatic carbocycles. The maximum Gasteiger partial charge on any atom is 0.215 e. The Morgan fingerprint density at radius 3 is 3.00 bits per heavy atom. The highest BCUT2D eigenvalue weighted by molar-refractivity contribution is 5.65. The van der Waals surface area contributed by atoms with Crippen LogP contribution in [0.25, 0.3) is 0 Å². The Balaban J connectivity index is 2.91. The second kappa shape index (κ2) is 3.80. The molecular weight excluding hydrogens is 154 g/mol. The summed E-state index contributed by atoms with van der Waals surface area (Å²) in [5.74, 6) is 0.570. The summed E-state index contributed by atoms with van der Waals surface area (Å²) >= 11 is 0. The molecule has 4 nitrogen and oxygen atoms in total. The minimum Gasteiger partial charge on any atom is -0.481 e. The second-order valence-corrected chi connectivity index (χ2v) is 2.34. The highest BCUT2D eigenvalue weighted by Crippen LogP contribution is 2.20. The van der Waals surface area contributed by atoms with Gasteiger partial charge in [0.25, 0.3) is 0 Å². The minimum atomic E-state index is 0.570. The van der Waals surface area contributed by atoms with Crippen LogP contribution in [0, 0.1) is 0 Å². The van der Waals surface area contributed by atoms with Crippen molar-refractivity contribution >= 4 is 11.4 Å². The maximum atomic E-state index is 5.65. The van der Waals surface area contributed by atoms with E-state index >= 15 is 0 Å². The van der Waals surface area contributed by atoms with E-state index in [1.165, 1.54) is 0 Å². The summed E-state index contributed by atoms with van der Waals surface area (Å²) < 4.78 is 4.95. The van der Waals surface area contributed by atoms with Crippen LogP contribution in [0.5, 0.6) is 5.88 Å². The Labute approximate surface area is 71.7 Å². The number of ether oxygens (including phenoxy) is 1. The average Bonchev–Trinajstić information content (AvgIpc) is 2.09. The number of nitrogens with one attached hydrogen (secondary N) is 1. The van der Waals surface area contributed by atoms with Gasteiger partial charge in [-0.25, -0.2) is 4.98 Å². The number of rotatable bonds is 3. The molecule has 1 heterocycles. The lowest BCUT2D eigenvalue weighted by Gasteiger charge is -2.07. The molecule has 0 radical (unpaired) electrons. The fourth-order valence-corrected chi connectivity index (χ4v) is 0.902. The lowest BCUT2D eigenvalue weighted by Crippen LogP contribution is -2.02. The van der Waals surface area contributed by atoms with E-state index in [4.69, 9.17) is 10.5 Å². The first-order valence-electron chi connectivity index (χ1n) is 3.81. The molecule has 3 N–H and O–H groups in total. The van der Waals surface area contributed by atoms with E-state index in [1.807, 2.05) is 6.92 Å². The van der Waals surface area contributed by atoms with Crippen molar-refractivity contribution in [2.45, 2.75) is 6.92 Å². The van der Waals surface area contributed by atoms with Crippen LogP contribution < -0.4 is 15.8 Å². The van der Waals surface area contributed by atoms with Crippen molar-refractivity contribution < 1.29 is 4.74 Å². The highest BCUT2D eigenvalue weighted by Gasteiger charge is 1.99. The molecule has 66 valence electrons. The fourth-order valence-electron chi connectivity index (χ4n) is 0.902. The van der Waals surface area contributed by atoms with Crippen LogP contribution in [0.3, 0.4) is 0 Å². The summed E-state index contributed by atoms with van der Waals surface area (Å²) in [6.07, 6.45) is 1.58. The smallest absolute Gasteiger partial charge is 0.215 e. The fraction of sp³-hybridized carbons (Fsp3) is 0.375. The zero-order valence-electron chi connectivity index (χ0n) is 7.29. The zero-order chi connectivity index (χ0) is 8.97. The largest absolute Gasteiger partial charge is 0.481 e. The summed E-state index contributed by atoms with van der Waals surface area (Å²) in [6, 6.07) is 1.78. The molecule has 4 heteroatoms. The summed E-state index contributed by atoms with van der Waals surface area (Å²) in [5.41, 5.74) is 7.15. The topological polar surface area (TPSA) is 60.2 Å². The molecule has 0 aromatic carbocycles. The molecule has 12 heavy (non-hydrogen) atoms. The maximum absolute atomic E-state index is 5.65. The van der Waals surface area contributed by atoms with Gasteiger partial charge >= 0.3 is 0 Å². The Hall–Kier alpha value is -1.45. The normalized spacial score (nSPS) is 9.50. The van der Waals surface area contributed by atoms with Crippen molar-refractivity contribution in [3.8, 4) is 5.88 Å². The van der Waals surface area contributed by atoms with Crippen LogP contribution in [-0.4, -0.2) is 18.6 Å². The third-order valence-electron chi connectivity index (χ3n) is 1.49. The third kappa shape index (κ3) is 1.78. The number of anilines is 2. The van der Waals surface area contributed by atoms with Gasteiger partial charge in [0.1, 0.15) is 0 Å². The van der Waals surface area contributed by atoms with Gasteiger partial charge in [0.05, 0.1) is 24.7 Å². The number of pyridine rings is 1. The number of methoxy groups -OCH3 is 1. The molecule has 0 unspecified atom stereocenters. The highest BCUT2D eigenvalue weighted by atomic mass is 16.5. The van der Waals surface area contributed by atoms with Crippen molar-refractivity contribution in [3.63, 3.8) is 0 Å². The van der Waals surface area contributed by atoms with Gasteiger partial charge in [-0.05, 0) is 6.92 Å². The van der Waals surface area contributed by atoms with Gasteiger partial charge in [0.2, 0.25) is 5.88 Å². The van der Waals surface area contributed by atoms with Crippen LogP contribution in [-0.2, 0) is 0 Å². The Morgan fingerprint density at radius 2 is 2.42 bits per heavy atom. The SMILES string of the molecule is CCNc1cc(OC)ncc1N. The van der Waals surface area contributed by atoms with Gasteiger partial charge in [-0.2, -0.15) is 0 Å². The van der Waals surface area contributed by atoms with Crippen LogP contribution in [0.2, 0.25) is 0 Å². The molecule has 1 aromatic rings. The number of nitrogens with zero attached hydrogens (tertiary/aromatic N) is 1. The number of hydrogen-bond donors (Lipinski definition) is 2. The molecule has 0 spiro atoms. The molecule has 0 fully saturated rings. The van der Waals surface area contributed by atoms with Gasteiger partial charge in [-0.1, -0.05) is 0 Å². The average molecular weight is 167 g/mol. The van der Waals surface area contributed by atoms with Crippen molar-refractivity contribution in [1.82, 2.24) is 4.98 Å². The number of hydrogen-bond acceptors (Lipinski definition) is 4. The summed E-state index contributed by atoms with van der Waals surface area (Å²) in [4.78, 5) is 3.95. The number of aromatic nitrogens is 1. The Kier molecular flexibility index (Phi) is 2.74. The van der Waals surface area contributed by atoms with Gasteiger partial charge in [0, 0.05) is 12.6 Å². The Morgan fingerprint density at radius 1 is 1.67 bits per heavy atom. The van der Waals surface area contributed by atoms with E-state index in [2.05, 4.69) is 10.3 Å². The standard InChI is InChI=1S/C8H13N3O/c1-3-10-7-4-8(12-2)11-5-6(7)9/h4-5H,3,9H2,1-2H3,(H,10,11). The van der Waals surface area contributed by atoms with E-state index < -0.39 is 0 Å². The molecule has 0 aliphatic rings. The first kappa shape index (κ1) is 8.64. The zero-order valence-corrected chi connectivity index (χ0v) is 7.29. The van der Waals surface area contributed by atoms with Crippen molar-refractivity contribution in [1.29, 1.82) is 0 Å². The quantitative estimate of drug-likeness (QED) is 0.707. The van der Waals surface area contributed by atoms with Crippen molar-refractivity contribution in [2.24, 2.45) is 0 Å². The summed E-state index contributed by atoms with van der Waals surface area (Å²) in [6.45, 7) is 2.84. The first-order valence-corrected chi connectivity index (χ1v) is 3.81. The van der Waals surface area contributed by atoms with E-state index in [0.29, 0.717) is 11.6 Å². The molecule has 0 amide bonds. The minimum absolute atomic E-state index is 0.570. The molecule has 1 aromatic heterocycles. The van der Waals surface area contributed by atoms with E-state index in [-0.39, 0.29) is 0 Å². The van der Waals surface area contributed by atoms with Crippen LogP contribution in [0.4, 0.5) is 11.4 Å². The van der Waals surface area contributed by atoms with Gasteiger partial charge in [-0.3, -0.25) is 0 Å². The lowest BCUT2D eigenvalue weighted by atomic mass is 10.3. The predicted octanol–water partition coefficient (Wildman–Crippen LogP) is 1.10. The number of nitrogens with two attached hydrogens (primary N) is 1. The molecular formula is C8H13N3O. The second-order valence-electron chi connectivity index (χ2n) is 2.34. The monoisotopic (exact) mass is 167 g/mol.